The lowest BCUT2D eigenvalue weighted by atomic mass is 10.2. The normalized spacial score (nSPS) is 18.6. The smallest absolute Gasteiger partial charge is 0.327 e. The highest BCUT2D eigenvalue weighted by atomic mass is 32.2. The molecule has 0 radical (unpaired) electrons. The maximum absolute atomic E-state index is 12.2. The van der Waals surface area contributed by atoms with Crippen LogP contribution in [0.25, 0.3) is 0 Å². The van der Waals surface area contributed by atoms with Crippen LogP contribution >= 0.6 is 11.8 Å². The molecule has 1 atom stereocenters. The van der Waals surface area contributed by atoms with Crippen LogP contribution in [0.15, 0.2) is 16.7 Å². The number of thioether (sulfide) groups is 1. The van der Waals surface area contributed by atoms with Crippen molar-refractivity contribution in [2.24, 2.45) is 0 Å². The molecule has 0 saturated carbocycles. The van der Waals surface area contributed by atoms with Crippen molar-refractivity contribution in [3.63, 3.8) is 0 Å². The van der Waals surface area contributed by atoms with E-state index in [-0.39, 0.29) is 6.03 Å². The van der Waals surface area contributed by atoms with E-state index in [1.165, 1.54) is 21.6 Å². The SMILES string of the molecule is Cc1occc1CN(C)C(=O)N1CSC[C@H]1C(=O)O. The lowest BCUT2D eigenvalue weighted by molar-refractivity contribution is -0.140. The molecular formula is C12H16N2O4S. The number of urea groups is 1. The molecular weight excluding hydrogens is 268 g/mol. The summed E-state index contributed by atoms with van der Waals surface area (Å²) in [5.41, 5.74) is 0.926. The maximum Gasteiger partial charge on any atom is 0.327 e. The summed E-state index contributed by atoms with van der Waals surface area (Å²) in [7, 11) is 1.66. The molecule has 1 aliphatic rings. The third kappa shape index (κ3) is 2.86. The molecule has 0 bridgehead atoms. The molecule has 1 aromatic rings. The largest absolute Gasteiger partial charge is 0.480 e. The third-order valence-electron chi connectivity index (χ3n) is 3.11. The van der Waals surface area contributed by atoms with E-state index in [1.54, 1.807) is 13.3 Å². The van der Waals surface area contributed by atoms with Crippen molar-refractivity contribution in [1.82, 2.24) is 9.80 Å². The highest BCUT2D eigenvalue weighted by molar-refractivity contribution is 7.99. The fraction of sp³-hybridized carbons (Fsp3) is 0.500. The van der Waals surface area contributed by atoms with E-state index in [1.807, 2.05) is 13.0 Å². The average molecular weight is 284 g/mol. The molecule has 7 heteroatoms. The van der Waals surface area contributed by atoms with Gasteiger partial charge in [0.15, 0.2) is 0 Å². The van der Waals surface area contributed by atoms with Crippen LogP contribution in [0.3, 0.4) is 0 Å². The van der Waals surface area contributed by atoms with Crippen molar-refractivity contribution >= 4 is 23.8 Å². The van der Waals surface area contributed by atoms with Crippen molar-refractivity contribution in [3.8, 4) is 0 Å². The molecule has 1 aromatic heterocycles. The standard InChI is InChI=1S/C12H16N2O4S/c1-8-9(3-4-18-8)5-13(2)12(17)14-7-19-6-10(14)11(15)16/h3-4,10H,5-7H2,1-2H3,(H,15,16)/t10-/m0/s1. The van der Waals surface area contributed by atoms with Gasteiger partial charge in [0.05, 0.1) is 18.7 Å². The summed E-state index contributed by atoms with van der Waals surface area (Å²) in [6.07, 6.45) is 1.58. The van der Waals surface area contributed by atoms with Crippen LogP contribution in [0.5, 0.6) is 0 Å². The van der Waals surface area contributed by atoms with E-state index < -0.39 is 12.0 Å². The third-order valence-corrected chi connectivity index (χ3v) is 4.13. The number of aliphatic carboxylic acids is 1. The molecule has 6 nitrogen and oxygen atoms in total. The highest BCUT2D eigenvalue weighted by Crippen LogP contribution is 2.23. The second kappa shape index (κ2) is 5.56. The number of amides is 2. The topological polar surface area (TPSA) is 74.0 Å². The Labute approximate surface area is 115 Å². The number of carboxylic acids is 1. The number of carbonyl (C=O) groups excluding carboxylic acids is 1. The maximum atomic E-state index is 12.2. The molecule has 2 rings (SSSR count). The van der Waals surface area contributed by atoms with Crippen molar-refractivity contribution in [2.45, 2.75) is 19.5 Å². The van der Waals surface area contributed by atoms with Gasteiger partial charge in [-0.2, -0.15) is 0 Å². The van der Waals surface area contributed by atoms with Gasteiger partial charge < -0.3 is 19.3 Å². The van der Waals surface area contributed by atoms with Crippen molar-refractivity contribution in [2.75, 3.05) is 18.7 Å². The first kappa shape index (κ1) is 13.8. The van der Waals surface area contributed by atoms with Crippen LogP contribution in [0.2, 0.25) is 0 Å². The molecule has 2 heterocycles. The van der Waals surface area contributed by atoms with Crippen molar-refractivity contribution in [3.05, 3.63) is 23.7 Å². The lowest BCUT2D eigenvalue weighted by Gasteiger charge is -2.26. The molecule has 0 spiro atoms. The Morgan fingerprint density at radius 3 is 2.95 bits per heavy atom. The lowest BCUT2D eigenvalue weighted by Crippen LogP contribution is -2.47. The molecule has 19 heavy (non-hydrogen) atoms. The Balaban J connectivity index is 2.03. The van der Waals surface area contributed by atoms with E-state index in [4.69, 9.17) is 9.52 Å². The number of carbonyl (C=O) groups is 2. The molecule has 104 valence electrons. The second-order valence-electron chi connectivity index (χ2n) is 4.46. The zero-order valence-corrected chi connectivity index (χ0v) is 11.6. The van der Waals surface area contributed by atoms with Gasteiger partial charge >= 0.3 is 12.0 Å². The number of furan rings is 1. The first-order chi connectivity index (χ1) is 9.00. The first-order valence-electron chi connectivity index (χ1n) is 5.86. The van der Waals surface area contributed by atoms with E-state index in [2.05, 4.69) is 0 Å². The minimum atomic E-state index is -0.953. The predicted octanol–water partition coefficient (Wildman–Crippen LogP) is 1.60. The summed E-state index contributed by atoms with van der Waals surface area (Å²) in [6.45, 7) is 2.24. The van der Waals surface area contributed by atoms with Gasteiger partial charge in [-0.1, -0.05) is 0 Å². The summed E-state index contributed by atoms with van der Waals surface area (Å²) in [5, 5.41) is 9.07. The summed E-state index contributed by atoms with van der Waals surface area (Å²) >= 11 is 1.45. The first-order valence-corrected chi connectivity index (χ1v) is 7.01. The molecule has 1 N–H and O–H groups in total. The fourth-order valence-electron chi connectivity index (χ4n) is 1.95. The van der Waals surface area contributed by atoms with Gasteiger partial charge in [0.1, 0.15) is 11.8 Å². The van der Waals surface area contributed by atoms with Crippen LogP contribution in [0.4, 0.5) is 4.79 Å². The van der Waals surface area contributed by atoms with Crippen LogP contribution in [-0.2, 0) is 11.3 Å². The van der Waals surface area contributed by atoms with Gasteiger partial charge in [0, 0.05) is 18.4 Å². The summed E-state index contributed by atoms with van der Waals surface area (Å²) in [4.78, 5) is 26.2. The van der Waals surface area contributed by atoms with Crippen LogP contribution in [0, 0.1) is 6.92 Å². The molecule has 0 unspecified atom stereocenters. The second-order valence-corrected chi connectivity index (χ2v) is 5.46. The van der Waals surface area contributed by atoms with E-state index in [9.17, 15) is 9.59 Å². The number of rotatable bonds is 3. The zero-order valence-electron chi connectivity index (χ0n) is 10.8. The molecule has 0 aliphatic carbocycles. The fourth-order valence-corrected chi connectivity index (χ4v) is 3.09. The molecule has 0 aromatic carbocycles. The van der Waals surface area contributed by atoms with E-state index >= 15 is 0 Å². The van der Waals surface area contributed by atoms with Crippen LogP contribution in [-0.4, -0.2) is 51.6 Å². The average Bonchev–Trinajstić information content (AvgIpc) is 2.98. The number of nitrogens with zero attached hydrogens (tertiary/aromatic N) is 2. The monoisotopic (exact) mass is 284 g/mol. The molecule has 1 saturated heterocycles. The number of hydrogen-bond acceptors (Lipinski definition) is 4. The number of hydrogen-bond donors (Lipinski definition) is 1. The summed E-state index contributed by atoms with van der Waals surface area (Å²) in [5.74, 6) is 0.681. The molecule has 1 aliphatic heterocycles. The number of aryl methyl sites for hydroxylation is 1. The van der Waals surface area contributed by atoms with E-state index in [0.717, 1.165) is 11.3 Å². The minimum Gasteiger partial charge on any atom is -0.480 e. The minimum absolute atomic E-state index is 0.266. The van der Waals surface area contributed by atoms with Gasteiger partial charge in [-0.3, -0.25) is 0 Å². The van der Waals surface area contributed by atoms with Gasteiger partial charge in [-0.05, 0) is 13.0 Å². The Morgan fingerprint density at radius 1 is 1.63 bits per heavy atom. The van der Waals surface area contributed by atoms with Gasteiger partial charge in [-0.25, -0.2) is 9.59 Å². The number of carboxylic acid groups (broad SMARTS) is 1. The van der Waals surface area contributed by atoms with E-state index in [0.29, 0.717) is 18.2 Å². The Hall–Kier alpha value is -1.63. The molecule has 1 fully saturated rings. The zero-order chi connectivity index (χ0) is 14.0. The highest BCUT2D eigenvalue weighted by Gasteiger charge is 2.36. The Morgan fingerprint density at radius 2 is 2.37 bits per heavy atom. The predicted molar refractivity (Wildman–Crippen MR) is 70.9 cm³/mol. The van der Waals surface area contributed by atoms with Crippen molar-refractivity contribution < 1.29 is 19.1 Å². The summed E-state index contributed by atoms with van der Waals surface area (Å²) in [6, 6.07) is 0.815. The van der Waals surface area contributed by atoms with Gasteiger partial charge in [-0.15, -0.1) is 11.8 Å². The van der Waals surface area contributed by atoms with Crippen LogP contribution in [0.1, 0.15) is 11.3 Å². The van der Waals surface area contributed by atoms with Crippen molar-refractivity contribution in [1.29, 1.82) is 0 Å². The quantitative estimate of drug-likeness (QED) is 0.912. The Kier molecular flexibility index (Phi) is 4.04. The van der Waals surface area contributed by atoms with Gasteiger partial charge in [0.25, 0.3) is 0 Å². The van der Waals surface area contributed by atoms with Crippen LogP contribution < -0.4 is 0 Å². The molecule has 2 amide bonds. The van der Waals surface area contributed by atoms with Gasteiger partial charge in [0.2, 0.25) is 0 Å². The Bertz CT molecular complexity index is 488. The summed E-state index contributed by atoms with van der Waals surface area (Å²) < 4.78 is 5.18.